The van der Waals surface area contributed by atoms with Gasteiger partial charge in [0, 0.05) is 0 Å². The Balaban J connectivity index is 1.37. The van der Waals surface area contributed by atoms with Crippen LogP contribution in [0, 0.1) is 69.2 Å². The fraction of sp³-hybridized carbons (Fsp3) is 0.409. The summed E-state index contributed by atoms with van der Waals surface area (Å²) in [6, 6.07) is 0. The maximum absolute atomic E-state index is 13.1. The van der Waals surface area contributed by atoms with Crippen molar-refractivity contribution in [1.29, 1.82) is 0 Å². The molecule has 0 unspecified atom stereocenters. The number of carbonyl (C=O) groups excluding carboxylic acids is 2. The van der Waals surface area contributed by atoms with Crippen molar-refractivity contribution in [3.05, 3.63) is 134 Å². The SMILES string of the molecule is COC(=O)c1c(C)c2c(c(C)c1C(=O)OC)Cc1c(C)c3c(c(C)c1C2)Cc1c(C)c2c(c(C)c1C3)Cc1c(C)c(C)c(C)c(C)c1C2. The van der Waals surface area contributed by atoms with Crippen molar-refractivity contribution in [2.24, 2.45) is 0 Å². The summed E-state index contributed by atoms with van der Waals surface area (Å²) in [4.78, 5) is 26.1. The summed E-state index contributed by atoms with van der Waals surface area (Å²) in [5, 5.41) is 0. The van der Waals surface area contributed by atoms with Gasteiger partial charge < -0.3 is 9.47 Å². The predicted octanol–water partition coefficient (Wildman–Crippen LogP) is 8.83. The van der Waals surface area contributed by atoms with Gasteiger partial charge in [0.05, 0.1) is 25.3 Å². The molecule has 0 amide bonds. The summed E-state index contributed by atoms with van der Waals surface area (Å²) in [5.74, 6) is -0.987. The zero-order chi connectivity index (χ0) is 34.7. The van der Waals surface area contributed by atoms with Crippen LogP contribution in [0.25, 0.3) is 0 Å². The molecule has 0 heterocycles. The van der Waals surface area contributed by atoms with Crippen LogP contribution in [-0.4, -0.2) is 26.2 Å². The smallest absolute Gasteiger partial charge is 0.339 e. The van der Waals surface area contributed by atoms with Gasteiger partial charge in [0.2, 0.25) is 0 Å². The number of methoxy groups -OCH3 is 2. The molecule has 3 aliphatic carbocycles. The molecule has 48 heavy (non-hydrogen) atoms. The van der Waals surface area contributed by atoms with E-state index in [1.54, 1.807) is 22.3 Å². The summed E-state index contributed by atoms with van der Waals surface area (Å²) in [6.07, 6.45) is 5.46. The summed E-state index contributed by atoms with van der Waals surface area (Å²) in [5.41, 5.74) is 31.1. The molecule has 0 radical (unpaired) electrons. The van der Waals surface area contributed by atoms with Crippen molar-refractivity contribution in [3.63, 3.8) is 0 Å². The predicted molar refractivity (Wildman–Crippen MR) is 193 cm³/mol. The summed E-state index contributed by atoms with van der Waals surface area (Å²) in [7, 11) is 2.74. The number of esters is 2. The highest BCUT2D eigenvalue weighted by Gasteiger charge is 2.35. The summed E-state index contributed by atoms with van der Waals surface area (Å²) >= 11 is 0. The van der Waals surface area contributed by atoms with E-state index in [0.717, 1.165) is 60.8 Å². The number of carbonyl (C=O) groups is 2. The Morgan fingerprint density at radius 2 is 0.500 bits per heavy atom. The first-order chi connectivity index (χ1) is 22.7. The fourth-order valence-electron chi connectivity index (χ4n) is 9.78. The van der Waals surface area contributed by atoms with Gasteiger partial charge in [-0.3, -0.25) is 0 Å². The number of rotatable bonds is 2. The molecule has 0 atom stereocenters. The Morgan fingerprint density at radius 3 is 0.708 bits per heavy atom. The highest BCUT2D eigenvalue weighted by atomic mass is 16.5. The number of fused-ring (bicyclic) bond motifs is 6. The zero-order valence-corrected chi connectivity index (χ0v) is 30.9. The van der Waals surface area contributed by atoms with Gasteiger partial charge >= 0.3 is 11.9 Å². The molecule has 0 bridgehead atoms. The van der Waals surface area contributed by atoms with E-state index in [1.165, 1.54) is 92.1 Å². The topological polar surface area (TPSA) is 52.6 Å². The average Bonchev–Trinajstić information content (AvgIpc) is 3.10. The molecule has 4 heteroatoms. The van der Waals surface area contributed by atoms with Crippen LogP contribution in [0.5, 0.6) is 0 Å². The first-order valence-electron chi connectivity index (χ1n) is 17.4. The minimum absolute atomic E-state index is 0.332. The van der Waals surface area contributed by atoms with Gasteiger partial charge in [-0.25, -0.2) is 9.59 Å². The largest absolute Gasteiger partial charge is 0.465 e. The van der Waals surface area contributed by atoms with E-state index in [9.17, 15) is 9.59 Å². The Bertz CT molecular complexity index is 2020. The van der Waals surface area contributed by atoms with Crippen molar-refractivity contribution in [1.82, 2.24) is 0 Å². The first kappa shape index (κ1) is 32.4. The van der Waals surface area contributed by atoms with Crippen LogP contribution >= 0.6 is 0 Å². The molecule has 0 spiro atoms. The monoisotopic (exact) mass is 640 g/mol. The lowest BCUT2D eigenvalue weighted by molar-refractivity contribution is 0.0553. The number of ether oxygens (including phenoxy) is 2. The van der Waals surface area contributed by atoms with E-state index in [1.807, 2.05) is 13.8 Å². The van der Waals surface area contributed by atoms with Crippen LogP contribution in [-0.2, 0) is 48.0 Å². The number of hydrogen-bond acceptors (Lipinski definition) is 4. The molecule has 0 saturated carbocycles. The standard InChI is InChI=1S/C44H48O4/c1-19-20(2)22(4)30-14-32-24(6)34-16-36-26(8)38-18-40-28(10)42(44(46)48-12)41(43(45)47-11)27(9)39(40)17-37(38)25(7)35(36)15-33(34)23(5)31(32)13-29(30)21(19)3/h13-18H2,1-12H3. The molecular formula is C44H48O4. The summed E-state index contributed by atoms with van der Waals surface area (Å²) in [6.45, 7) is 22.5. The highest BCUT2D eigenvalue weighted by molar-refractivity contribution is 6.06. The van der Waals surface area contributed by atoms with Crippen molar-refractivity contribution < 1.29 is 19.1 Å². The highest BCUT2D eigenvalue weighted by Crippen LogP contribution is 2.46. The van der Waals surface area contributed by atoms with Crippen molar-refractivity contribution in [2.45, 2.75) is 108 Å². The van der Waals surface area contributed by atoms with E-state index >= 15 is 0 Å². The molecule has 7 rings (SSSR count). The molecule has 0 N–H and O–H groups in total. The quantitative estimate of drug-likeness (QED) is 0.177. The molecular weight excluding hydrogens is 592 g/mol. The second kappa shape index (κ2) is 11.2. The van der Waals surface area contributed by atoms with Crippen LogP contribution in [0.1, 0.15) is 143 Å². The van der Waals surface area contributed by atoms with Crippen LogP contribution in [0.2, 0.25) is 0 Å². The van der Waals surface area contributed by atoms with E-state index < -0.39 is 11.9 Å². The van der Waals surface area contributed by atoms with Crippen LogP contribution in [0.3, 0.4) is 0 Å². The van der Waals surface area contributed by atoms with Gasteiger partial charge in [-0.1, -0.05) is 0 Å². The zero-order valence-electron chi connectivity index (χ0n) is 30.9. The average molecular weight is 641 g/mol. The van der Waals surface area contributed by atoms with Gasteiger partial charge in [0.1, 0.15) is 0 Å². The maximum atomic E-state index is 13.1. The molecule has 4 aromatic carbocycles. The minimum atomic E-state index is -0.494. The van der Waals surface area contributed by atoms with Crippen LogP contribution in [0.4, 0.5) is 0 Å². The molecule has 4 nitrogen and oxygen atoms in total. The Kier molecular flexibility index (Phi) is 7.54. The number of hydrogen-bond donors (Lipinski definition) is 0. The lowest BCUT2D eigenvalue weighted by Gasteiger charge is -2.36. The Labute approximate surface area is 285 Å². The third-order valence-corrected chi connectivity index (χ3v) is 13.2. The van der Waals surface area contributed by atoms with Gasteiger partial charge in [-0.15, -0.1) is 0 Å². The van der Waals surface area contributed by atoms with Crippen molar-refractivity contribution in [2.75, 3.05) is 14.2 Å². The van der Waals surface area contributed by atoms with Crippen LogP contribution < -0.4 is 0 Å². The van der Waals surface area contributed by atoms with Gasteiger partial charge in [-0.2, -0.15) is 0 Å². The van der Waals surface area contributed by atoms with Gasteiger partial charge in [-0.05, 0) is 230 Å². The normalized spacial score (nSPS) is 13.9. The molecule has 0 aliphatic heterocycles. The van der Waals surface area contributed by atoms with Crippen LogP contribution in [0.15, 0.2) is 0 Å². The molecule has 0 fully saturated rings. The second-order valence-electron chi connectivity index (χ2n) is 14.8. The molecule has 4 aromatic rings. The second-order valence-corrected chi connectivity index (χ2v) is 14.8. The molecule has 3 aliphatic rings. The Hall–Kier alpha value is -4.18. The Morgan fingerprint density at radius 1 is 0.312 bits per heavy atom. The van der Waals surface area contributed by atoms with E-state index in [-0.39, 0.29) is 0 Å². The third kappa shape index (κ3) is 4.27. The van der Waals surface area contributed by atoms with E-state index in [2.05, 4.69) is 55.4 Å². The molecule has 0 aromatic heterocycles. The lowest BCUT2D eigenvalue weighted by atomic mass is 9.68. The number of benzene rings is 4. The third-order valence-electron chi connectivity index (χ3n) is 13.2. The van der Waals surface area contributed by atoms with E-state index in [4.69, 9.17) is 9.47 Å². The van der Waals surface area contributed by atoms with Crippen molar-refractivity contribution in [3.8, 4) is 0 Å². The summed E-state index contributed by atoms with van der Waals surface area (Å²) < 4.78 is 10.3. The fourth-order valence-corrected chi connectivity index (χ4v) is 9.78. The first-order valence-corrected chi connectivity index (χ1v) is 17.4. The van der Waals surface area contributed by atoms with E-state index in [0.29, 0.717) is 11.1 Å². The van der Waals surface area contributed by atoms with Gasteiger partial charge in [0.15, 0.2) is 0 Å². The minimum Gasteiger partial charge on any atom is -0.465 e. The van der Waals surface area contributed by atoms with Gasteiger partial charge in [0.25, 0.3) is 0 Å². The van der Waals surface area contributed by atoms with Crippen molar-refractivity contribution >= 4 is 11.9 Å². The maximum Gasteiger partial charge on any atom is 0.339 e. The molecule has 0 saturated heterocycles. The lowest BCUT2D eigenvalue weighted by Crippen LogP contribution is -2.25. The molecule has 248 valence electrons.